The summed E-state index contributed by atoms with van der Waals surface area (Å²) in [6.45, 7) is 0. The molecule has 0 amide bonds. The summed E-state index contributed by atoms with van der Waals surface area (Å²) in [5, 5.41) is 34.8. The van der Waals surface area contributed by atoms with E-state index < -0.39 is 34.0 Å². The number of benzene rings is 2. The molecule has 0 fully saturated rings. The minimum Gasteiger partial charge on any atom is -0.504 e. The van der Waals surface area contributed by atoms with Crippen molar-refractivity contribution in [3.63, 3.8) is 0 Å². The smallest absolute Gasteiger partial charge is 0.417 e. The molecule has 2 heterocycles. The molecule has 0 aliphatic carbocycles. The van der Waals surface area contributed by atoms with Gasteiger partial charge in [-0.3, -0.25) is 5.43 Å². The van der Waals surface area contributed by atoms with Crippen LogP contribution >= 0.6 is 11.6 Å². The third-order valence-electron chi connectivity index (χ3n) is 4.43. The first-order chi connectivity index (χ1) is 16.1. The quantitative estimate of drug-likeness (QED) is 0.155. The van der Waals surface area contributed by atoms with E-state index in [0.29, 0.717) is 0 Å². The predicted octanol–water partition coefficient (Wildman–Crippen LogP) is 4.40. The second-order valence-corrected chi connectivity index (χ2v) is 7.14. The number of rotatable bonds is 5. The van der Waals surface area contributed by atoms with Gasteiger partial charge in [0.15, 0.2) is 28.9 Å². The standard InChI is InChI=1S/C20H13ClF3N7O3/c21-12-2-1-10(5-11(12)20(22,23)24)30-18-15-16(26-7-27-18)19(28-8-25-15)31-29-6-9-3-13(32)17(34)14(33)4-9/h1-8,32-34H,(H,25,28,31)(H,26,27,30)/b29-6+. The van der Waals surface area contributed by atoms with E-state index in [2.05, 4.69) is 35.8 Å². The van der Waals surface area contributed by atoms with Gasteiger partial charge in [0.25, 0.3) is 0 Å². The molecule has 0 atom stereocenters. The van der Waals surface area contributed by atoms with Crippen molar-refractivity contribution < 1.29 is 28.5 Å². The number of aromatic nitrogens is 4. The molecule has 0 spiro atoms. The monoisotopic (exact) mass is 491 g/mol. The number of fused-ring (bicyclic) bond motifs is 1. The number of halogens is 4. The predicted molar refractivity (Wildman–Crippen MR) is 118 cm³/mol. The summed E-state index contributed by atoms with van der Waals surface area (Å²) in [6.07, 6.45) is -1.06. The first-order valence-corrected chi connectivity index (χ1v) is 9.65. The van der Waals surface area contributed by atoms with Gasteiger partial charge < -0.3 is 20.6 Å². The number of phenols is 3. The maximum absolute atomic E-state index is 13.2. The van der Waals surface area contributed by atoms with E-state index >= 15 is 0 Å². The Bertz CT molecular complexity index is 1390. The molecule has 0 bridgehead atoms. The second kappa shape index (κ2) is 8.86. The molecule has 174 valence electrons. The van der Waals surface area contributed by atoms with Crippen LogP contribution in [0, 0.1) is 0 Å². The molecule has 0 saturated carbocycles. The van der Waals surface area contributed by atoms with E-state index in [1.807, 2.05) is 0 Å². The van der Waals surface area contributed by atoms with Gasteiger partial charge >= 0.3 is 6.18 Å². The van der Waals surface area contributed by atoms with Crippen molar-refractivity contribution in [2.45, 2.75) is 6.18 Å². The van der Waals surface area contributed by atoms with E-state index in [1.54, 1.807) is 0 Å². The van der Waals surface area contributed by atoms with E-state index in [1.165, 1.54) is 37.1 Å². The zero-order chi connectivity index (χ0) is 24.5. The van der Waals surface area contributed by atoms with Crippen LogP contribution in [0.5, 0.6) is 17.2 Å². The fourth-order valence-electron chi connectivity index (χ4n) is 2.88. The third kappa shape index (κ3) is 4.68. The van der Waals surface area contributed by atoms with Gasteiger partial charge in [-0.15, -0.1) is 0 Å². The fraction of sp³-hybridized carbons (Fsp3) is 0.0500. The number of alkyl halides is 3. The number of hydrazone groups is 1. The van der Waals surface area contributed by atoms with Crippen LogP contribution in [0.1, 0.15) is 11.1 Å². The summed E-state index contributed by atoms with van der Waals surface area (Å²) >= 11 is 5.66. The Morgan fingerprint density at radius 1 is 0.882 bits per heavy atom. The summed E-state index contributed by atoms with van der Waals surface area (Å²) in [7, 11) is 0. The maximum Gasteiger partial charge on any atom is 0.417 e. The van der Waals surface area contributed by atoms with Crippen LogP contribution in [0.3, 0.4) is 0 Å². The average molecular weight is 492 g/mol. The van der Waals surface area contributed by atoms with Crippen molar-refractivity contribution in [2.75, 3.05) is 10.7 Å². The van der Waals surface area contributed by atoms with Gasteiger partial charge in [0.05, 0.1) is 16.8 Å². The second-order valence-electron chi connectivity index (χ2n) is 6.74. The molecule has 14 heteroatoms. The summed E-state index contributed by atoms with van der Waals surface area (Å²) in [6, 6.07) is 5.67. The van der Waals surface area contributed by atoms with E-state index in [0.717, 1.165) is 12.1 Å². The highest BCUT2D eigenvalue weighted by atomic mass is 35.5. The first-order valence-electron chi connectivity index (χ1n) is 9.27. The Kier molecular flexibility index (Phi) is 5.94. The van der Waals surface area contributed by atoms with Crippen molar-refractivity contribution in [1.82, 2.24) is 19.9 Å². The minimum atomic E-state index is -4.63. The number of phenolic OH excluding ortho intramolecular Hbond substituents is 3. The molecule has 0 saturated heterocycles. The van der Waals surface area contributed by atoms with E-state index in [4.69, 9.17) is 11.6 Å². The molecule has 2 aromatic carbocycles. The molecule has 2 aromatic heterocycles. The Hall–Kier alpha value is -4.39. The van der Waals surface area contributed by atoms with Crippen molar-refractivity contribution in [2.24, 2.45) is 5.10 Å². The molecule has 5 N–H and O–H groups in total. The van der Waals surface area contributed by atoms with Gasteiger partial charge in [-0.05, 0) is 30.3 Å². The lowest BCUT2D eigenvalue weighted by Crippen LogP contribution is -2.07. The molecule has 0 aliphatic heterocycles. The van der Waals surface area contributed by atoms with Crippen molar-refractivity contribution in [3.05, 3.63) is 59.1 Å². The number of hydrogen-bond acceptors (Lipinski definition) is 10. The van der Waals surface area contributed by atoms with Crippen LogP contribution in [0.4, 0.5) is 30.5 Å². The van der Waals surface area contributed by atoms with Gasteiger partial charge in [-0.25, -0.2) is 19.9 Å². The largest absolute Gasteiger partial charge is 0.504 e. The van der Waals surface area contributed by atoms with Gasteiger partial charge in [-0.1, -0.05) is 11.6 Å². The van der Waals surface area contributed by atoms with Gasteiger partial charge in [0.1, 0.15) is 23.7 Å². The Morgan fingerprint density at radius 2 is 1.50 bits per heavy atom. The van der Waals surface area contributed by atoms with Crippen molar-refractivity contribution in [1.29, 1.82) is 0 Å². The maximum atomic E-state index is 13.2. The van der Waals surface area contributed by atoms with Crippen LogP contribution in [-0.2, 0) is 6.18 Å². The summed E-state index contributed by atoms with van der Waals surface area (Å²) in [5.74, 6) is -1.47. The number of hydrogen-bond donors (Lipinski definition) is 5. The lowest BCUT2D eigenvalue weighted by molar-refractivity contribution is -0.137. The highest BCUT2D eigenvalue weighted by Crippen LogP contribution is 2.37. The molecular weight excluding hydrogens is 479 g/mol. The van der Waals surface area contributed by atoms with Crippen molar-refractivity contribution in [3.8, 4) is 17.2 Å². The van der Waals surface area contributed by atoms with Crippen LogP contribution in [0.25, 0.3) is 11.0 Å². The van der Waals surface area contributed by atoms with E-state index in [9.17, 15) is 28.5 Å². The zero-order valence-corrected chi connectivity index (χ0v) is 17.5. The average Bonchev–Trinajstić information content (AvgIpc) is 2.78. The molecule has 4 aromatic rings. The molecular formula is C20H13ClF3N7O3. The third-order valence-corrected chi connectivity index (χ3v) is 4.76. The minimum absolute atomic E-state index is 0.0785. The number of nitrogens with one attached hydrogen (secondary N) is 2. The first kappa shape index (κ1) is 22.8. The number of aromatic hydroxyl groups is 3. The molecule has 10 nitrogen and oxygen atoms in total. The number of anilines is 3. The van der Waals surface area contributed by atoms with Gasteiger partial charge in [0, 0.05) is 11.3 Å². The highest BCUT2D eigenvalue weighted by molar-refractivity contribution is 6.31. The Labute approximate surface area is 193 Å². The van der Waals surface area contributed by atoms with Crippen LogP contribution < -0.4 is 10.7 Å². The summed E-state index contributed by atoms with van der Waals surface area (Å²) in [4.78, 5) is 16.3. The van der Waals surface area contributed by atoms with Crippen LogP contribution in [-0.4, -0.2) is 41.5 Å². The highest BCUT2D eigenvalue weighted by Gasteiger charge is 2.33. The van der Waals surface area contributed by atoms with Crippen LogP contribution in [0.2, 0.25) is 5.02 Å². The van der Waals surface area contributed by atoms with Crippen LogP contribution in [0.15, 0.2) is 48.1 Å². The lowest BCUT2D eigenvalue weighted by atomic mass is 10.2. The Balaban J connectivity index is 1.62. The topological polar surface area (TPSA) is 149 Å². The van der Waals surface area contributed by atoms with Gasteiger partial charge in [-0.2, -0.15) is 18.3 Å². The normalized spacial score (nSPS) is 11.8. The summed E-state index contributed by atoms with van der Waals surface area (Å²) < 4.78 is 39.5. The molecule has 4 rings (SSSR count). The molecule has 0 aliphatic rings. The lowest BCUT2D eigenvalue weighted by Gasteiger charge is -2.13. The fourth-order valence-corrected chi connectivity index (χ4v) is 3.10. The van der Waals surface area contributed by atoms with Gasteiger partial charge in [0.2, 0.25) is 0 Å². The van der Waals surface area contributed by atoms with E-state index in [-0.39, 0.29) is 33.9 Å². The van der Waals surface area contributed by atoms with Crippen molar-refractivity contribution >= 4 is 46.2 Å². The summed E-state index contributed by atoms with van der Waals surface area (Å²) in [5.41, 5.74) is 2.36. The molecule has 0 unspecified atom stereocenters. The Morgan fingerprint density at radius 3 is 2.15 bits per heavy atom. The number of nitrogens with zero attached hydrogens (tertiary/aromatic N) is 5. The zero-order valence-electron chi connectivity index (χ0n) is 16.7. The molecule has 34 heavy (non-hydrogen) atoms. The SMILES string of the molecule is Oc1cc(/C=N/Nc2ncnc3c(Nc4ccc(Cl)c(C(F)(F)F)c4)ncnc23)cc(O)c1O. The molecule has 0 radical (unpaired) electrons.